The van der Waals surface area contributed by atoms with Crippen molar-refractivity contribution in [2.45, 2.75) is 79.0 Å². The van der Waals surface area contributed by atoms with Crippen LogP contribution >= 0.6 is 11.6 Å². The third-order valence-corrected chi connectivity index (χ3v) is 12.1. The fraction of sp³-hybridized carbons (Fsp3) is 0.500. The highest BCUT2D eigenvalue weighted by atomic mass is 35.5. The van der Waals surface area contributed by atoms with Gasteiger partial charge in [0.05, 0.1) is 26.0 Å². The SMILES string of the molecule is Cc1c(Oc2ccc(S(=O)(=O)C3CC3)cc2Cl)ncnc1O[C@@H]1CC2C=C[C@@H](C1)N2S(=O)(=O)C1CC1. The summed E-state index contributed by atoms with van der Waals surface area (Å²) >= 11 is 6.35. The predicted octanol–water partition coefficient (Wildman–Crippen LogP) is 3.81. The summed E-state index contributed by atoms with van der Waals surface area (Å²) in [5.74, 6) is 0.876. The Morgan fingerprint density at radius 3 is 2.19 bits per heavy atom. The molecule has 2 aliphatic heterocycles. The van der Waals surface area contributed by atoms with Crippen molar-refractivity contribution >= 4 is 31.5 Å². The number of hydrogen-bond donors (Lipinski definition) is 0. The summed E-state index contributed by atoms with van der Waals surface area (Å²) in [4.78, 5) is 8.65. The lowest BCUT2D eigenvalue weighted by Crippen LogP contribution is -2.50. The van der Waals surface area contributed by atoms with Crippen LogP contribution in [0.4, 0.5) is 0 Å². The van der Waals surface area contributed by atoms with Gasteiger partial charge in [-0.1, -0.05) is 23.8 Å². The molecule has 0 radical (unpaired) electrons. The smallest absolute Gasteiger partial charge is 0.229 e. The van der Waals surface area contributed by atoms with Gasteiger partial charge in [0.2, 0.25) is 21.8 Å². The molecule has 6 rings (SSSR count). The molecule has 2 aliphatic carbocycles. The summed E-state index contributed by atoms with van der Waals surface area (Å²) < 4.78 is 64.4. The van der Waals surface area contributed by atoms with Gasteiger partial charge in [-0.05, 0) is 50.8 Å². The number of aromatic nitrogens is 2. The van der Waals surface area contributed by atoms with Crippen LogP contribution in [0.5, 0.6) is 17.5 Å². The first kappa shape index (κ1) is 24.1. The average Bonchev–Trinajstić information content (AvgIpc) is 3.73. The highest BCUT2D eigenvalue weighted by Crippen LogP contribution is 2.42. The van der Waals surface area contributed by atoms with E-state index < -0.39 is 19.9 Å². The first-order valence-electron chi connectivity index (χ1n) is 12.0. The standard InChI is InChI=1S/C24H26ClN3O6S2/c1-14-23(33-17-10-15-2-3-16(11-17)28(15)36(31,32)19-6-7-19)26-13-27-24(14)34-22-9-8-20(12-21(22)25)35(29,30)18-4-5-18/h2-3,8-9,12-13,15-19H,4-7,10-11H2,1H3/t15-,16?,17-/m0/s1. The minimum atomic E-state index is -3.36. The minimum absolute atomic E-state index is 0.170. The summed E-state index contributed by atoms with van der Waals surface area (Å²) in [6.45, 7) is 1.77. The highest BCUT2D eigenvalue weighted by Gasteiger charge is 2.50. The monoisotopic (exact) mass is 551 g/mol. The zero-order valence-electron chi connectivity index (χ0n) is 19.6. The lowest BCUT2D eigenvalue weighted by atomic mass is 10.0. The second-order valence-electron chi connectivity index (χ2n) is 9.85. The lowest BCUT2D eigenvalue weighted by Gasteiger charge is -2.38. The van der Waals surface area contributed by atoms with E-state index in [1.165, 1.54) is 24.5 Å². The molecule has 1 aromatic heterocycles. The Morgan fingerprint density at radius 1 is 0.944 bits per heavy atom. The van der Waals surface area contributed by atoms with Crippen molar-refractivity contribution < 1.29 is 26.3 Å². The Hall–Kier alpha value is -2.21. The third kappa shape index (κ3) is 4.29. The lowest BCUT2D eigenvalue weighted by molar-refractivity contribution is 0.0979. The van der Waals surface area contributed by atoms with Gasteiger partial charge in [0.15, 0.2) is 9.84 Å². The molecule has 2 aromatic rings. The molecule has 3 heterocycles. The third-order valence-electron chi connectivity index (χ3n) is 7.13. The second-order valence-corrected chi connectivity index (χ2v) is 14.6. The summed E-state index contributed by atoms with van der Waals surface area (Å²) in [5, 5.41) is -0.391. The van der Waals surface area contributed by atoms with E-state index in [-0.39, 0.29) is 50.2 Å². The van der Waals surface area contributed by atoms with E-state index in [0.29, 0.717) is 37.1 Å². The molecule has 1 saturated heterocycles. The number of hydrogen-bond acceptors (Lipinski definition) is 8. The van der Waals surface area contributed by atoms with Gasteiger partial charge >= 0.3 is 0 Å². The first-order chi connectivity index (χ1) is 17.1. The fourth-order valence-electron chi connectivity index (χ4n) is 4.90. The molecular weight excluding hydrogens is 526 g/mol. The van der Waals surface area contributed by atoms with Gasteiger partial charge in [0, 0.05) is 24.9 Å². The van der Waals surface area contributed by atoms with E-state index >= 15 is 0 Å². The molecule has 192 valence electrons. The topological polar surface area (TPSA) is 116 Å². The quantitative estimate of drug-likeness (QED) is 0.455. The van der Waals surface area contributed by atoms with E-state index in [0.717, 1.165) is 12.8 Å². The van der Waals surface area contributed by atoms with E-state index in [2.05, 4.69) is 9.97 Å². The van der Waals surface area contributed by atoms with Crippen molar-refractivity contribution in [1.82, 2.24) is 14.3 Å². The highest BCUT2D eigenvalue weighted by molar-refractivity contribution is 7.92. The Kier molecular flexibility index (Phi) is 5.82. The van der Waals surface area contributed by atoms with Crippen molar-refractivity contribution in [3.05, 3.63) is 47.3 Å². The zero-order valence-corrected chi connectivity index (χ0v) is 22.0. The number of halogens is 1. The maximum Gasteiger partial charge on any atom is 0.229 e. The molecule has 36 heavy (non-hydrogen) atoms. The first-order valence-corrected chi connectivity index (χ1v) is 15.5. The second kappa shape index (κ2) is 8.68. The molecule has 0 N–H and O–H groups in total. The van der Waals surface area contributed by atoms with Gasteiger partial charge in [0.25, 0.3) is 0 Å². The molecule has 1 aromatic carbocycles. The Balaban J connectivity index is 1.16. The number of piperidine rings is 1. The largest absolute Gasteiger partial charge is 0.474 e. The van der Waals surface area contributed by atoms with Crippen LogP contribution in [0.15, 0.2) is 41.6 Å². The Bertz CT molecular complexity index is 1440. The molecule has 2 saturated carbocycles. The number of ether oxygens (including phenoxy) is 2. The van der Waals surface area contributed by atoms with Crippen molar-refractivity contribution in [2.24, 2.45) is 0 Å². The number of nitrogens with zero attached hydrogens (tertiary/aromatic N) is 3. The maximum atomic E-state index is 12.8. The van der Waals surface area contributed by atoms with Crippen LogP contribution in [0.3, 0.4) is 0 Å². The molecule has 3 atom stereocenters. The van der Waals surface area contributed by atoms with E-state index in [1.54, 1.807) is 11.2 Å². The van der Waals surface area contributed by atoms with Gasteiger partial charge in [0.1, 0.15) is 18.2 Å². The zero-order chi connectivity index (χ0) is 25.2. The van der Waals surface area contributed by atoms with Crippen molar-refractivity contribution in [3.63, 3.8) is 0 Å². The number of rotatable bonds is 8. The molecule has 0 spiro atoms. The van der Waals surface area contributed by atoms with Crippen molar-refractivity contribution in [3.8, 4) is 17.5 Å². The average molecular weight is 552 g/mol. The number of sulfone groups is 1. The molecule has 12 heteroatoms. The molecule has 1 unspecified atom stereocenters. The number of fused-ring (bicyclic) bond motifs is 2. The van der Waals surface area contributed by atoms with Crippen LogP contribution in [0.2, 0.25) is 5.02 Å². The van der Waals surface area contributed by atoms with Crippen LogP contribution in [0, 0.1) is 6.92 Å². The van der Waals surface area contributed by atoms with Crippen LogP contribution in [-0.4, -0.2) is 59.8 Å². The van der Waals surface area contributed by atoms with Crippen molar-refractivity contribution in [2.75, 3.05) is 0 Å². The fourth-order valence-corrected chi connectivity index (χ4v) is 9.01. The Labute approximate surface area is 215 Å². The normalized spacial score (nSPS) is 26.2. The van der Waals surface area contributed by atoms with Gasteiger partial charge in [-0.15, -0.1) is 0 Å². The van der Waals surface area contributed by atoms with Gasteiger partial charge in [-0.25, -0.2) is 26.8 Å². The predicted molar refractivity (Wildman–Crippen MR) is 133 cm³/mol. The molecule has 2 bridgehead atoms. The minimum Gasteiger partial charge on any atom is -0.474 e. The van der Waals surface area contributed by atoms with Crippen LogP contribution < -0.4 is 9.47 Å². The maximum absolute atomic E-state index is 12.8. The molecular formula is C24H26ClN3O6S2. The molecule has 4 aliphatic rings. The Morgan fingerprint density at radius 2 is 1.58 bits per heavy atom. The number of benzene rings is 1. The van der Waals surface area contributed by atoms with E-state index in [4.69, 9.17) is 21.1 Å². The summed E-state index contributed by atoms with van der Waals surface area (Å²) in [6, 6.07) is 4.02. The summed E-state index contributed by atoms with van der Waals surface area (Å²) in [5.41, 5.74) is 0.566. The summed E-state index contributed by atoms with van der Waals surface area (Å²) in [6.07, 6.45) is 8.96. The van der Waals surface area contributed by atoms with Gasteiger partial charge in [-0.3, -0.25) is 0 Å². The van der Waals surface area contributed by atoms with Crippen LogP contribution in [0.1, 0.15) is 44.1 Å². The number of sulfonamides is 1. The molecule has 3 fully saturated rings. The van der Waals surface area contributed by atoms with Gasteiger partial charge in [-0.2, -0.15) is 4.31 Å². The van der Waals surface area contributed by atoms with Crippen molar-refractivity contribution in [1.29, 1.82) is 0 Å². The van der Waals surface area contributed by atoms with Crippen LogP contribution in [-0.2, 0) is 19.9 Å². The molecule has 9 nitrogen and oxygen atoms in total. The summed E-state index contributed by atoms with van der Waals surface area (Å²) in [7, 11) is -6.63. The molecule has 0 amide bonds. The van der Waals surface area contributed by atoms with Gasteiger partial charge < -0.3 is 9.47 Å². The van der Waals surface area contributed by atoms with E-state index in [1.807, 2.05) is 12.2 Å². The van der Waals surface area contributed by atoms with E-state index in [9.17, 15) is 16.8 Å². The van der Waals surface area contributed by atoms with Crippen LogP contribution in [0.25, 0.3) is 0 Å².